The average molecular weight is 572 g/mol. The molecule has 10 nitrogen and oxygen atoms in total. The first-order valence-corrected chi connectivity index (χ1v) is 12.1. The maximum Gasteiger partial charge on any atom is 0.416 e. The van der Waals surface area contributed by atoms with Crippen molar-refractivity contribution in [2.24, 2.45) is 0 Å². The Kier molecular flexibility index (Phi) is 8.61. The van der Waals surface area contributed by atoms with E-state index in [-0.39, 0.29) is 24.8 Å². The summed E-state index contributed by atoms with van der Waals surface area (Å²) in [5.74, 6) is -1.20. The summed E-state index contributed by atoms with van der Waals surface area (Å²) in [6.07, 6.45) is -11.6. The number of rotatable bonds is 6. The molecule has 38 heavy (non-hydrogen) atoms. The van der Waals surface area contributed by atoms with Gasteiger partial charge in [0.05, 0.1) is 24.3 Å². The molecule has 1 fully saturated rings. The second kappa shape index (κ2) is 11.0. The Morgan fingerprint density at radius 2 is 1.68 bits per heavy atom. The van der Waals surface area contributed by atoms with E-state index >= 15 is 0 Å². The van der Waals surface area contributed by atoms with E-state index in [9.17, 15) is 45.3 Å². The zero-order chi connectivity index (χ0) is 28.6. The van der Waals surface area contributed by atoms with Crippen molar-refractivity contribution in [2.75, 3.05) is 33.8 Å². The fourth-order valence-corrected chi connectivity index (χ4v) is 4.17. The molecule has 3 atom stereocenters. The fourth-order valence-electron chi connectivity index (χ4n) is 3.58. The Labute approximate surface area is 211 Å². The molecule has 1 aliphatic rings. The molecule has 1 saturated heterocycles. The minimum absolute atomic E-state index is 0.0924. The van der Waals surface area contributed by atoms with Gasteiger partial charge in [-0.1, -0.05) is 0 Å². The number of hydrogen-bond donors (Lipinski definition) is 1. The maximum absolute atomic E-state index is 13.3. The van der Waals surface area contributed by atoms with Gasteiger partial charge >= 0.3 is 18.0 Å². The van der Waals surface area contributed by atoms with E-state index in [1.54, 1.807) is 0 Å². The summed E-state index contributed by atoms with van der Waals surface area (Å²) in [5.41, 5.74) is -5.76. The number of carbonyl (C=O) groups is 1. The lowest BCUT2D eigenvalue weighted by atomic mass is 10.0. The van der Waals surface area contributed by atoms with Crippen molar-refractivity contribution in [3.8, 4) is 0 Å². The summed E-state index contributed by atoms with van der Waals surface area (Å²) in [4.78, 5) is 40.3. The minimum Gasteiger partial charge on any atom is -0.348 e. The van der Waals surface area contributed by atoms with Gasteiger partial charge in [0.15, 0.2) is 6.23 Å². The van der Waals surface area contributed by atoms with Gasteiger partial charge in [-0.3, -0.25) is 23.7 Å². The normalized spacial score (nSPS) is 19.6. The molecule has 210 valence electrons. The van der Waals surface area contributed by atoms with Crippen LogP contribution in [-0.4, -0.2) is 64.9 Å². The van der Waals surface area contributed by atoms with Crippen LogP contribution in [0.15, 0.2) is 34.0 Å². The highest BCUT2D eigenvalue weighted by Gasteiger charge is 2.39. The fraction of sp³-hybridized carbons (Fsp3) is 0.476. The molecule has 1 aliphatic heterocycles. The van der Waals surface area contributed by atoms with Crippen LogP contribution in [0.1, 0.15) is 33.3 Å². The number of ether oxygens (including phenoxy) is 1. The van der Waals surface area contributed by atoms with Gasteiger partial charge in [-0.15, -0.1) is 0 Å². The molecule has 1 aromatic carbocycles. The Hall–Kier alpha value is -2.94. The summed E-state index contributed by atoms with van der Waals surface area (Å²) in [6.45, 7) is 0.156. The average Bonchev–Trinajstić information content (AvgIpc) is 2.82. The molecule has 0 bridgehead atoms. The third-order valence-electron chi connectivity index (χ3n) is 5.49. The quantitative estimate of drug-likeness (QED) is 0.419. The lowest BCUT2D eigenvalue weighted by molar-refractivity contribution is -0.143. The molecule has 2 unspecified atom stereocenters. The summed E-state index contributed by atoms with van der Waals surface area (Å²) in [6, 6.07) is 0.501. The second-order valence-electron chi connectivity index (χ2n) is 8.67. The van der Waals surface area contributed by atoms with Gasteiger partial charge in [0.1, 0.15) is 6.10 Å². The van der Waals surface area contributed by atoms with Crippen LogP contribution in [0.2, 0.25) is 0 Å². The number of benzene rings is 1. The third kappa shape index (κ3) is 6.92. The number of aromatic nitrogens is 2. The first-order chi connectivity index (χ1) is 17.5. The van der Waals surface area contributed by atoms with Gasteiger partial charge in [0.25, 0.3) is 19.6 Å². The number of aryl methyl sites for hydroxylation is 1. The molecule has 1 amide bonds. The number of morpholine rings is 1. The van der Waals surface area contributed by atoms with Gasteiger partial charge in [-0.05, 0) is 39.2 Å². The van der Waals surface area contributed by atoms with Crippen molar-refractivity contribution in [3.05, 3.63) is 67.5 Å². The molecule has 2 heterocycles. The van der Waals surface area contributed by atoms with Gasteiger partial charge in [-0.25, -0.2) is 9.46 Å². The number of alkyl halides is 6. The van der Waals surface area contributed by atoms with Gasteiger partial charge < -0.3 is 14.2 Å². The molecule has 1 N–H and O–H groups in total. The highest BCUT2D eigenvalue weighted by molar-refractivity contribution is 7.36. The van der Waals surface area contributed by atoms with Crippen LogP contribution >= 0.6 is 8.18 Å². The van der Waals surface area contributed by atoms with Crippen molar-refractivity contribution in [1.82, 2.24) is 19.1 Å². The molecule has 2 aromatic rings. The first kappa shape index (κ1) is 29.6. The molecule has 3 rings (SSSR count). The summed E-state index contributed by atoms with van der Waals surface area (Å²) in [7, 11) is 0.231. The maximum atomic E-state index is 13.3. The zero-order valence-electron chi connectivity index (χ0n) is 20.1. The summed E-state index contributed by atoms with van der Waals surface area (Å²) < 4.78 is 105. The molecule has 0 aliphatic carbocycles. The standard InChI is InChI=1S/C21H23F6N4O6P/c1-11-7-31(19(34)28-17(11)32)16-9-30(8-15(37-16)10-36-38(35)29(2)3)18(33)12-4-13(20(22,23)24)6-14(5-12)21(25,26)27/h4-7,15-16,38H,8-10H2,1-3H3,(H,28,32,34)/t15-,16?/m0/s1. The van der Waals surface area contributed by atoms with Crippen LogP contribution in [0.25, 0.3) is 0 Å². The number of carbonyl (C=O) groups excluding carboxylic acids is 1. The van der Waals surface area contributed by atoms with E-state index in [4.69, 9.17) is 9.26 Å². The number of aromatic amines is 1. The monoisotopic (exact) mass is 572 g/mol. The lowest BCUT2D eigenvalue weighted by Crippen LogP contribution is -2.51. The van der Waals surface area contributed by atoms with Gasteiger partial charge in [-0.2, -0.15) is 26.3 Å². The number of nitrogens with one attached hydrogen (secondary N) is 1. The smallest absolute Gasteiger partial charge is 0.348 e. The van der Waals surface area contributed by atoms with E-state index in [0.717, 1.165) is 15.7 Å². The lowest BCUT2D eigenvalue weighted by Gasteiger charge is -2.38. The van der Waals surface area contributed by atoms with Crippen LogP contribution in [0.3, 0.4) is 0 Å². The zero-order valence-corrected chi connectivity index (χ0v) is 21.1. The van der Waals surface area contributed by atoms with Gasteiger partial charge in [0.2, 0.25) is 0 Å². The van der Waals surface area contributed by atoms with Crippen LogP contribution in [0.5, 0.6) is 0 Å². The van der Waals surface area contributed by atoms with E-state index < -0.39 is 73.3 Å². The largest absolute Gasteiger partial charge is 0.416 e. The molecule has 0 saturated carbocycles. The molecule has 17 heteroatoms. The van der Waals surface area contributed by atoms with E-state index in [2.05, 4.69) is 0 Å². The van der Waals surface area contributed by atoms with Crippen molar-refractivity contribution < 1.29 is 45.0 Å². The highest BCUT2D eigenvalue weighted by Crippen LogP contribution is 2.37. The Bertz CT molecular complexity index is 1310. The van der Waals surface area contributed by atoms with Crippen molar-refractivity contribution in [2.45, 2.75) is 31.6 Å². The minimum atomic E-state index is -5.17. The Morgan fingerprint density at radius 1 is 1.11 bits per heavy atom. The van der Waals surface area contributed by atoms with Crippen molar-refractivity contribution in [3.63, 3.8) is 0 Å². The van der Waals surface area contributed by atoms with Crippen molar-refractivity contribution >= 4 is 14.1 Å². The Morgan fingerprint density at radius 3 is 2.21 bits per heavy atom. The van der Waals surface area contributed by atoms with Crippen LogP contribution in [0, 0.1) is 6.92 Å². The molecule has 0 spiro atoms. The molecular weight excluding hydrogens is 549 g/mol. The number of halogens is 6. The van der Waals surface area contributed by atoms with E-state index in [1.807, 2.05) is 4.98 Å². The molecule has 0 radical (unpaired) electrons. The summed E-state index contributed by atoms with van der Waals surface area (Å²) in [5, 5.41) is 0. The van der Waals surface area contributed by atoms with E-state index in [1.165, 1.54) is 25.7 Å². The van der Waals surface area contributed by atoms with Crippen LogP contribution in [-0.2, 0) is 26.2 Å². The van der Waals surface area contributed by atoms with Crippen LogP contribution < -0.4 is 11.2 Å². The number of amides is 1. The predicted molar refractivity (Wildman–Crippen MR) is 121 cm³/mol. The topological polar surface area (TPSA) is 114 Å². The molecular formula is C21H23F6N4O6P. The van der Waals surface area contributed by atoms with Crippen molar-refractivity contribution in [1.29, 1.82) is 0 Å². The summed E-state index contributed by atoms with van der Waals surface area (Å²) >= 11 is 0. The predicted octanol–water partition coefficient (Wildman–Crippen LogP) is 2.89. The highest BCUT2D eigenvalue weighted by atomic mass is 31.1. The molecule has 1 aromatic heterocycles. The number of nitrogens with zero attached hydrogens (tertiary/aromatic N) is 3. The number of H-pyrrole nitrogens is 1. The second-order valence-corrected chi connectivity index (χ2v) is 10.4. The van der Waals surface area contributed by atoms with Gasteiger partial charge in [0, 0.05) is 23.9 Å². The Balaban J connectivity index is 2.02. The van der Waals surface area contributed by atoms with Crippen LogP contribution in [0.4, 0.5) is 26.3 Å². The van der Waals surface area contributed by atoms with E-state index in [0.29, 0.717) is 12.1 Å². The third-order valence-corrected chi connectivity index (χ3v) is 6.63. The SMILES string of the molecule is Cc1cn(C2CN(C(=O)c3cc(C(F)(F)F)cc(C(F)(F)F)c3)C[C@@H](CO[PH](=O)N(C)C)O2)c(=O)[nH]c1=O. The number of hydrogen-bond acceptors (Lipinski definition) is 6. The first-order valence-electron chi connectivity index (χ1n) is 10.9.